The summed E-state index contributed by atoms with van der Waals surface area (Å²) in [6, 6.07) is 8.95. The summed E-state index contributed by atoms with van der Waals surface area (Å²) in [6.07, 6.45) is 2.87. The van der Waals surface area contributed by atoms with Crippen LogP contribution in [-0.2, 0) is 30.7 Å². The molecule has 146 valence electrons. The van der Waals surface area contributed by atoms with Crippen LogP contribution in [0.4, 0.5) is 0 Å². The number of hydrogen-bond donors (Lipinski definition) is 2. The summed E-state index contributed by atoms with van der Waals surface area (Å²) in [5.41, 5.74) is 2.60. The van der Waals surface area contributed by atoms with Crippen LogP contribution in [0.2, 0.25) is 0 Å². The van der Waals surface area contributed by atoms with Crippen LogP contribution >= 0.6 is 0 Å². The molecule has 2 N–H and O–H groups in total. The second-order valence-electron chi connectivity index (χ2n) is 6.94. The lowest BCUT2D eigenvalue weighted by Gasteiger charge is -2.25. The Balaban J connectivity index is 1.56. The Morgan fingerprint density at radius 1 is 1.33 bits per heavy atom. The van der Waals surface area contributed by atoms with Crippen molar-refractivity contribution in [3.63, 3.8) is 0 Å². The van der Waals surface area contributed by atoms with E-state index in [1.807, 2.05) is 4.68 Å². The SMILES string of the molecule is CCNC(=NCCc1ccc(C)cc1)NC1CCc2nc(COC)nn2C1. The number of nitrogens with one attached hydrogen (secondary N) is 2. The molecule has 0 saturated carbocycles. The quantitative estimate of drug-likeness (QED) is 0.575. The topological polar surface area (TPSA) is 76.4 Å². The van der Waals surface area contributed by atoms with Crippen LogP contribution in [0.1, 0.15) is 36.1 Å². The lowest BCUT2D eigenvalue weighted by molar-refractivity contribution is 0.177. The number of aryl methyl sites for hydroxylation is 2. The van der Waals surface area contributed by atoms with Gasteiger partial charge in [0.1, 0.15) is 12.4 Å². The van der Waals surface area contributed by atoms with Gasteiger partial charge < -0.3 is 15.4 Å². The highest BCUT2D eigenvalue weighted by Crippen LogP contribution is 2.13. The zero-order chi connectivity index (χ0) is 19.1. The molecule has 0 bridgehead atoms. The van der Waals surface area contributed by atoms with Gasteiger partial charge in [0.2, 0.25) is 0 Å². The van der Waals surface area contributed by atoms with E-state index in [1.165, 1.54) is 11.1 Å². The zero-order valence-corrected chi connectivity index (χ0v) is 16.5. The molecule has 1 aliphatic rings. The first-order valence-electron chi connectivity index (χ1n) is 9.70. The van der Waals surface area contributed by atoms with Gasteiger partial charge in [0.15, 0.2) is 11.8 Å². The summed E-state index contributed by atoms with van der Waals surface area (Å²) in [5, 5.41) is 11.4. The van der Waals surface area contributed by atoms with Gasteiger partial charge in [-0.05, 0) is 32.3 Å². The molecule has 0 radical (unpaired) electrons. The lowest BCUT2D eigenvalue weighted by atomic mass is 10.1. The third kappa shape index (κ3) is 5.53. The number of hydrogen-bond acceptors (Lipinski definition) is 4. The van der Waals surface area contributed by atoms with E-state index in [1.54, 1.807) is 7.11 Å². The number of nitrogens with zero attached hydrogens (tertiary/aromatic N) is 4. The Morgan fingerprint density at radius 2 is 2.15 bits per heavy atom. The third-order valence-electron chi connectivity index (χ3n) is 4.65. The number of aliphatic imine (C=N–C) groups is 1. The summed E-state index contributed by atoms with van der Waals surface area (Å²) >= 11 is 0. The number of aromatic nitrogens is 3. The Labute approximate surface area is 161 Å². The van der Waals surface area contributed by atoms with Crippen LogP contribution in [-0.4, -0.2) is 47.0 Å². The molecule has 27 heavy (non-hydrogen) atoms. The van der Waals surface area contributed by atoms with Gasteiger partial charge in [-0.15, -0.1) is 0 Å². The fraction of sp³-hybridized carbons (Fsp3) is 0.550. The maximum atomic E-state index is 5.13. The summed E-state index contributed by atoms with van der Waals surface area (Å²) in [5.74, 6) is 2.67. The van der Waals surface area contributed by atoms with E-state index in [9.17, 15) is 0 Å². The molecule has 0 fully saturated rings. The third-order valence-corrected chi connectivity index (χ3v) is 4.65. The molecule has 3 rings (SSSR count). The van der Waals surface area contributed by atoms with Crippen LogP contribution in [0.3, 0.4) is 0 Å². The molecule has 1 atom stereocenters. The van der Waals surface area contributed by atoms with E-state index < -0.39 is 0 Å². The number of fused-ring (bicyclic) bond motifs is 1. The predicted octanol–water partition coefficient (Wildman–Crippen LogP) is 1.85. The minimum absolute atomic E-state index is 0.298. The van der Waals surface area contributed by atoms with Gasteiger partial charge in [-0.3, -0.25) is 4.99 Å². The van der Waals surface area contributed by atoms with Crippen LogP contribution in [0, 0.1) is 6.92 Å². The van der Waals surface area contributed by atoms with E-state index in [0.717, 1.165) is 56.5 Å². The standard InChI is InChI=1S/C20H30N6O/c1-4-21-20(22-12-11-16-7-5-15(2)6-8-16)23-17-9-10-19-24-18(14-27-3)25-26(19)13-17/h5-8,17H,4,9-14H2,1-3H3,(H2,21,22,23). The van der Waals surface area contributed by atoms with Crippen molar-refractivity contribution in [1.29, 1.82) is 0 Å². The fourth-order valence-electron chi connectivity index (χ4n) is 3.23. The van der Waals surface area contributed by atoms with Crippen LogP contribution < -0.4 is 10.6 Å². The van der Waals surface area contributed by atoms with Gasteiger partial charge in [-0.2, -0.15) is 5.10 Å². The number of ether oxygens (including phenoxy) is 1. The van der Waals surface area contributed by atoms with E-state index in [-0.39, 0.29) is 0 Å². The van der Waals surface area contributed by atoms with E-state index in [0.29, 0.717) is 12.6 Å². The smallest absolute Gasteiger partial charge is 0.191 e. The zero-order valence-electron chi connectivity index (χ0n) is 16.5. The Bertz CT molecular complexity index is 752. The van der Waals surface area contributed by atoms with Crippen molar-refractivity contribution in [2.24, 2.45) is 4.99 Å². The maximum Gasteiger partial charge on any atom is 0.191 e. The number of benzene rings is 1. The molecule has 0 saturated heterocycles. The fourth-order valence-corrected chi connectivity index (χ4v) is 3.23. The van der Waals surface area contributed by atoms with Crippen molar-refractivity contribution in [3.8, 4) is 0 Å². The average Bonchev–Trinajstić information content (AvgIpc) is 3.05. The minimum Gasteiger partial charge on any atom is -0.377 e. The summed E-state index contributed by atoms with van der Waals surface area (Å²) in [7, 11) is 1.67. The monoisotopic (exact) mass is 370 g/mol. The minimum atomic E-state index is 0.298. The number of rotatable bonds is 7. The number of methoxy groups -OCH3 is 1. The second-order valence-corrected chi connectivity index (χ2v) is 6.94. The molecular formula is C20H30N6O. The van der Waals surface area contributed by atoms with Crippen LogP contribution in [0.15, 0.2) is 29.3 Å². The first kappa shape index (κ1) is 19.4. The van der Waals surface area contributed by atoms with Crippen molar-refractivity contribution >= 4 is 5.96 Å². The van der Waals surface area contributed by atoms with Crippen molar-refractivity contribution < 1.29 is 4.74 Å². The first-order chi connectivity index (χ1) is 13.2. The van der Waals surface area contributed by atoms with Crippen molar-refractivity contribution in [3.05, 3.63) is 47.0 Å². The molecule has 0 spiro atoms. The van der Waals surface area contributed by atoms with E-state index in [2.05, 4.69) is 58.8 Å². The Kier molecular flexibility index (Phi) is 6.81. The largest absolute Gasteiger partial charge is 0.377 e. The summed E-state index contributed by atoms with van der Waals surface area (Å²) in [6.45, 7) is 7.06. The van der Waals surface area contributed by atoms with Gasteiger partial charge in [-0.1, -0.05) is 29.8 Å². The Hall–Kier alpha value is -2.41. The maximum absolute atomic E-state index is 5.13. The van der Waals surface area contributed by atoms with Crippen LogP contribution in [0.5, 0.6) is 0 Å². The highest BCUT2D eigenvalue weighted by molar-refractivity contribution is 5.80. The molecule has 0 amide bonds. The van der Waals surface area contributed by atoms with Gasteiger partial charge in [0.05, 0.1) is 6.54 Å². The van der Waals surface area contributed by atoms with Gasteiger partial charge in [0.25, 0.3) is 0 Å². The molecule has 2 heterocycles. The molecule has 0 aliphatic carbocycles. The molecule has 2 aromatic rings. The second kappa shape index (κ2) is 9.50. The van der Waals surface area contributed by atoms with Crippen molar-refractivity contribution in [2.45, 2.75) is 52.3 Å². The molecular weight excluding hydrogens is 340 g/mol. The number of guanidine groups is 1. The molecule has 1 unspecified atom stereocenters. The van der Waals surface area contributed by atoms with Gasteiger partial charge in [-0.25, -0.2) is 9.67 Å². The molecule has 1 aromatic carbocycles. The van der Waals surface area contributed by atoms with E-state index in [4.69, 9.17) is 9.73 Å². The first-order valence-corrected chi connectivity index (χ1v) is 9.70. The van der Waals surface area contributed by atoms with Gasteiger partial charge >= 0.3 is 0 Å². The van der Waals surface area contributed by atoms with Gasteiger partial charge in [0, 0.05) is 32.7 Å². The summed E-state index contributed by atoms with van der Waals surface area (Å²) < 4.78 is 7.12. The average molecular weight is 371 g/mol. The predicted molar refractivity (Wildman–Crippen MR) is 107 cm³/mol. The van der Waals surface area contributed by atoms with Crippen molar-refractivity contribution in [1.82, 2.24) is 25.4 Å². The van der Waals surface area contributed by atoms with E-state index >= 15 is 0 Å². The van der Waals surface area contributed by atoms with Crippen LogP contribution in [0.25, 0.3) is 0 Å². The molecule has 7 nitrogen and oxygen atoms in total. The summed E-state index contributed by atoms with van der Waals surface area (Å²) in [4.78, 5) is 9.28. The lowest BCUT2D eigenvalue weighted by Crippen LogP contribution is -2.47. The molecule has 1 aliphatic heterocycles. The molecule has 7 heteroatoms. The highest BCUT2D eigenvalue weighted by Gasteiger charge is 2.22. The van der Waals surface area contributed by atoms with Crippen molar-refractivity contribution in [2.75, 3.05) is 20.2 Å². The molecule has 1 aromatic heterocycles. The highest BCUT2D eigenvalue weighted by atomic mass is 16.5. The normalized spacial score (nSPS) is 16.9. The Morgan fingerprint density at radius 3 is 2.89 bits per heavy atom.